The highest BCUT2D eigenvalue weighted by Crippen LogP contribution is 2.49. The van der Waals surface area contributed by atoms with Crippen LogP contribution in [-0.2, 0) is 0 Å². The first-order chi connectivity index (χ1) is 15.1. The molecule has 31 heavy (non-hydrogen) atoms. The Morgan fingerprint density at radius 3 is 2.74 bits per heavy atom. The molecule has 0 aromatic heterocycles. The highest BCUT2D eigenvalue weighted by molar-refractivity contribution is 14.1. The van der Waals surface area contributed by atoms with Gasteiger partial charge in [-0.2, -0.15) is 0 Å². The fraction of sp³-hybridized carbons (Fsp3) is 0.192. The van der Waals surface area contributed by atoms with Gasteiger partial charge in [-0.1, -0.05) is 42.5 Å². The number of hydrogen-bond acceptors (Lipinski definition) is 4. The number of ether oxygens (including phenoxy) is 1. The van der Waals surface area contributed by atoms with Gasteiger partial charge in [-0.15, -0.1) is 0 Å². The van der Waals surface area contributed by atoms with Crippen LogP contribution in [0.1, 0.15) is 35.1 Å². The molecule has 3 atom stereocenters. The summed E-state index contributed by atoms with van der Waals surface area (Å²) in [6.45, 7) is 0. The number of anilines is 1. The number of para-hydroxylation sites is 1. The molecule has 3 aromatic rings. The van der Waals surface area contributed by atoms with Gasteiger partial charge in [-0.25, -0.2) is 0 Å². The first-order valence-corrected chi connectivity index (χ1v) is 11.4. The summed E-state index contributed by atoms with van der Waals surface area (Å²) in [6, 6.07) is 21.1. The van der Waals surface area contributed by atoms with Crippen molar-refractivity contribution in [2.24, 2.45) is 10.9 Å². The zero-order valence-corrected chi connectivity index (χ0v) is 19.3. The van der Waals surface area contributed by atoms with Crippen LogP contribution >= 0.6 is 22.6 Å². The Hall–Kier alpha value is -2.80. The summed E-state index contributed by atoms with van der Waals surface area (Å²) in [5.74, 6) is 1.63. The molecule has 3 aromatic carbocycles. The zero-order chi connectivity index (χ0) is 21.4. The Morgan fingerprint density at radius 1 is 1.13 bits per heavy atom. The quantitative estimate of drug-likeness (QED) is 0.231. The lowest BCUT2D eigenvalue weighted by molar-refractivity contribution is 0.371. The van der Waals surface area contributed by atoms with Crippen LogP contribution in [0, 0.1) is 9.49 Å². The first-order valence-electron chi connectivity index (χ1n) is 10.4. The number of phenols is 1. The van der Waals surface area contributed by atoms with Crippen LogP contribution in [0.25, 0.3) is 0 Å². The van der Waals surface area contributed by atoms with Crippen molar-refractivity contribution in [3.05, 3.63) is 93.1 Å². The normalized spacial score (nSPS) is 21.5. The number of allylic oxidation sites excluding steroid dienone is 2. The molecule has 2 N–H and O–H groups in total. The van der Waals surface area contributed by atoms with E-state index in [0.29, 0.717) is 17.6 Å². The topological polar surface area (TPSA) is 53.8 Å². The van der Waals surface area contributed by atoms with Crippen LogP contribution in [0.5, 0.6) is 11.5 Å². The van der Waals surface area contributed by atoms with Gasteiger partial charge in [-0.05, 0) is 82.0 Å². The van der Waals surface area contributed by atoms with Crippen LogP contribution in [0.2, 0.25) is 0 Å². The van der Waals surface area contributed by atoms with Gasteiger partial charge in [0.25, 0.3) is 0 Å². The monoisotopic (exact) mass is 522 g/mol. The van der Waals surface area contributed by atoms with Crippen LogP contribution in [-0.4, -0.2) is 18.4 Å². The average Bonchev–Trinajstić information content (AvgIpc) is 3.30. The molecule has 1 aliphatic carbocycles. The van der Waals surface area contributed by atoms with Crippen LogP contribution in [0.15, 0.2) is 77.8 Å². The van der Waals surface area contributed by atoms with Crippen LogP contribution < -0.4 is 10.1 Å². The molecule has 5 rings (SSSR count). The molecule has 0 saturated heterocycles. The second-order valence-electron chi connectivity index (χ2n) is 7.97. The third-order valence-electron chi connectivity index (χ3n) is 6.16. The second-order valence-corrected chi connectivity index (χ2v) is 9.13. The van der Waals surface area contributed by atoms with Gasteiger partial charge in [0.2, 0.25) is 0 Å². The summed E-state index contributed by atoms with van der Waals surface area (Å²) in [5, 5.41) is 13.8. The molecule has 0 bridgehead atoms. The van der Waals surface area contributed by atoms with Gasteiger partial charge in [0.05, 0.1) is 22.4 Å². The molecule has 0 fully saturated rings. The van der Waals surface area contributed by atoms with Gasteiger partial charge in [-0.3, -0.25) is 4.99 Å². The zero-order valence-electron chi connectivity index (χ0n) is 17.1. The van der Waals surface area contributed by atoms with E-state index < -0.39 is 0 Å². The highest BCUT2D eigenvalue weighted by atomic mass is 127. The molecule has 0 spiro atoms. The fourth-order valence-corrected chi connectivity index (χ4v) is 5.24. The third-order valence-corrected chi connectivity index (χ3v) is 6.98. The smallest absolute Gasteiger partial charge is 0.171 e. The Kier molecular flexibility index (Phi) is 5.44. The second kappa shape index (κ2) is 8.38. The lowest BCUT2D eigenvalue weighted by Crippen LogP contribution is -2.28. The predicted octanol–water partition coefficient (Wildman–Crippen LogP) is 6.58. The van der Waals surface area contributed by atoms with Gasteiger partial charge in [0, 0.05) is 17.8 Å². The van der Waals surface area contributed by atoms with Crippen molar-refractivity contribution < 1.29 is 9.84 Å². The maximum absolute atomic E-state index is 10.0. The number of benzene rings is 3. The van der Waals surface area contributed by atoms with Gasteiger partial charge < -0.3 is 15.2 Å². The standard InChI is InChI=1S/C26H23IN2O2/c1-31-24-14-16(13-22(27)26(24)30)15-28-18-11-9-17(10-12-18)25-21-7-4-6-19(21)20-5-2-3-8-23(20)29-25/h2-6,8-15,19,21,25,29-30H,7H2,1H3/t19-,21-,25+/m1/s1. The summed E-state index contributed by atoms with van der Waals surface area (Å²) >= 11 is 2.09. The summed E-state index contributed by atoms with van der Waals surface area (Å²) in [6.07, 6.45) is 7.57. The van der Waals surface area contributed by atoms with Crippen molar-refractivity contribution in [2.45, 2.75) is 18.4 Å². The van der Waals surface area contributed by atoms with Crippen molar-refractivity contribution in [3.8, 4) is 11.5 Å². The van der Waals surface area contributed by atoms with E-state index in [2.05, 4.69) is 93.6 Å². The Labute approximate surface area is 195 Å². The molecule has 0 amide bonds. The van der Waals surface area contributed by atoms with Crippen molar-refractivity contribution in [2.75, 3.05) is 12.4 Å². The summed E-state index contributed by atoms with van der Waals surface area (Å²) in [4.78, 5) is 4.61. The average molecular weight is 522 g/mol. The number of nitrogens with zero attached hydrogens (tertiary/aromatic N) is 1. The molecule has 0 unspecified atom stereocenters. The van der Waals surface area contributed by atoms with Crippen molar-refractivity contribution in [1.82, 2.24) is 0 Å². The lowest BCUT2D eigenvalue weighted by Gasteiger charge is -2.37. The summed E-state index contributed by atoms with van der Waals surface area (Å²) in [7, 11) is 1.55. The number of hydrogen-bond donors (Lipinski definition) is 2. The third kappa shape index (κ3) is 3.83. The van der Waals surface area contributed by atoms with E-state index in [1.807, 2.05) is 6.07 Å². The van der Waals surface area contributed by atoms with E-state index in [9.17, 15) is 5.11 Å². The Morgan fingerprint density at radius 2 is 1.94 bits per heavy atom. The van der Waals surface area contributed by atoms with Crippen molar-refractivity contribution in [1.29, 1.82) is 0 Å². The highest BCUT2D eigenvalue weighted by Gasteiger charge is 2.37. The molecule has 1 heterocycles. The predicted molar refractivity (Wildman–Crippen MR) is 134 cm³/mol. The molecule has 156 valence electrons. The minimum absolute atomic E-state index is 0.158. The Balaban J connectivity index is 1.37. The largest absolute Gasteiger partial charge is 0.504 e. The van der Waals surface area contributed by atoms with Crippen LogP contribution in [0.4, 0.5) is 11.4 Å². The number of rotatable bonds is 4. The molecule has 0 saturated carbocycles. The first kappa shape index (κ1) is 20.1. The van der Waals surface area contributed by atoms with E-state index in [0.717, 1.165) is 21.2 Å². The number of halogens is 1. The fourth-order valence-electron chi connectivity index (χ4n) is 4.61. The molecular formula is C26H23IN2O2. The number of aliphatic imine (C=N–C) groups is 1. The number of aromatic hydroxyl groups is 1. The van der Waals surface area contributed by atoms with Gasteiger partial charge in [0.1, 0.15) is 0 Å². The Bertz CT molecular complexity index is 1170. The number of fused-ring (bicyclic) bond motifs is 3. The number of nitrogens with one attached hydrogen (secondary N) is 1. The molecule has 4 nitrogen and oxygen atoms in total. The molecule has 0 radical (unpaired) electrons. The van der Waals surface area contributed by atoms with E-state index in [-0.39, 0.29) is 11.8 Å². The molecular weight excluding hydrogens is 499 g/mol. The maximum atomic E-state index is 10.0. The van der Waals surface area contributed by atoms with Gasteiger partial charge >= 0.3 is 0 Å². The van der Waals surface area contributed by atoms with Crippen molar-refractivity contribution in [3.63, 3.8) is 0 Å². The molecule has 2 aliphatic rings. The molecule has 5 heteroatoms. The summed E-state index contributed by atoms with van der Waals surface area (Å²) < 4.78 is 5.97. The maximum Gasteiger partial charge on any atom is 0.171 e. The SMILES string of the molecule is COc1cc(C=Nc2ccc([C@@H]3Nc4ccccc4[C@H]4C=CC[C@H]43)cc2)cc(I)c1O. The number of methoxy groups -OCH3 is 1. The van der Waals surface area contributed by atoms with Crippen LogP contribution in [0.3, 0.4) is 0 Å². The minimum atomic E-state index is 0.158. The van der Waals surface area contributed by atoms with E-state index in [1.165, 1.54) is 16.8 Å². The number of phenolic OH excluding ortho intramolecular Hbond substituents is 1. The van der Waals surface area contributed by atoms with Gasteiger partial charge in [0.15, 0.2) is 11.5 Å². The lowest BCUT2D eigenvalue weighted by atomic mass is 9.77. The van der Waals surface area contributed by atoms with E-state index >= 15 is 0 Å². The van der Waals surface area contributed by atoms with E-state index in [4.69, 9.17) is 4.74 Å². The molecule has 1 aliphatic heterocycles. The van der Waals surface area contributed by atoms with E-state index in [1.54, 1.807) is 19.4 Å². The minimum Gasteiger partial charge on any atom is -0.504 e. The van der Waals surface area contributed by atoms with Crippen molar-refractivity contribution >= 4 is 40.2 Å². The summed E-state index contributed by atoms with van der Waals surface area (Å²) in [5.41, 5.74) is 5.70.